The van der Waals surface area contributed by atoms with Gasteiger partial charge in [-0.25, -0.2) is 4.79 Å². The first-order valence-corrected chi connectivity index (χ1v) is 21.0. The number of aliphatic hydroxyl groups is 2. The van der Waals surface area contributed by atoms with E-state index in [-0.39, 0.29) is 30.4 Å². The molecule has 6 fully saturated rings. The van der Waals surface area contributed by atoms with Crippen LogP contribution >= 0.6 is 11.6 Å². The standard InChI is InChI=1S/C47H54ClN3O5/c48-41-14-12-40(13-15-41)47(54)16-18-51(19-17-47)29-42-24-43(37-6-4-31(30-52)5-7-37)56-44(55-42)38-10-8-36(9-11-38)39-3-1-2-32(23-39)28-49-45(53)50-46-25-33-20-34(26-46)22-35(21-33)27-46/h1-15,23,33-35,42-44,52,54H,16-22,24-30H2,(H2,49,50,53)/t33?,34?,35?,42-,43+,44+,46?/m0/s1. The van der Waals surface area contributed by atoms with E-state index in [0.29, 0.717) is 30.8 Å². The molecule has 4 aromatic carbocycles. The number of hydrogen-bond acceptors (Lipinski definition) is 6. The quantitative estimate of drug-likeness (QED) is 0.129. The van der Waals surface area contributed by atoms with Crippen LogP contribution in [0.3, 0.4) is 0 Å². The molecule has 10 rings (SSSR count). The molecule has 4 aromatic rings. The van der Waals surface area contributed by atoms with Crippen LogP contribution in [-0.4, -0.2) is 52.4 Å². The Balaban J connectivity index is 0.847. The van der Waals surface area contributed by atoms with Crippen molar-refractivity contribution in [1.29, 1.82) is 0 Å². The summed E-state index contributed by atoms with van der Waals surface area (Å²) in [5.74, 6) is 2.37. The van der Waals surface area contributed by atoms with Crippen LogP contribution in [0.25, 0.3) is 11.1 Å². The van der Waals surface area contributed by atoms with Gasteiger partial charge in [0.2, 0.25) is 0 Å². The second-order valence-electron chi connectivity index (χ2n) is 17.5. The van der Waals surface area contributed by atoms with Crippen molar-refractivity contribution in [2.24, 2.45) is 17.8 Å². The molecule has 294 valence electrons. The molecule has 2 aliphatic heterocycles. The van der Waals surface area contributed by atoms with Crippen LogP contribution in [0.4, 0.5) is 4.79 Å². The van der Waals surface area contributed by atoms with Crippen molar-refractivity contribution in [3.63, 3.8) is 0 Å². The third-order valence-corrected chi connectivity index (χ3v) is 13.7. The van der Waals surface area contributed by atoms with E-state index in [2.05, 4.69) is 64.1 Å². The zero-order valence-electron chi connectivity index (χ0n) is 32.0. The predicted molar refractivity (Wildman–Crippen MR) is 218 cm³/mol. The number of likely N-dealkylation sites (tertiary alicyclic amines) is 1. The first-order valence-electron chi connectivity index (χ1n) is 20.7. The lowest BCUT2D eigenvalue weighted by atomic mass is 9.53. The molecule has 0 radical (unpaired) electrons. The average molecular weight is 776 g/mol. The Hall–Kier alpha value is -3.76. The van der Waals surface area contributed by atoms with Crippen LogP contribution in [-0.2, 0) is 28.2 Å². The highest BCUT2D eigenvalue weighted by molar-refractivity contribution is 6.30. The second kappa shape index (κ2) is 15.9. The summed E-state index contributed by atoms with van der Waals surface area (Å²) in [6.45, 7) is 2.74. The number of aliphatic hydroxyl groups excluding tert-OH is 1. The lowest BCUT2D eigenvalue weighted by molar-refractivity contribution is -0.253. The van der Waals surface area contributed by atoms with Gasteiger partial charge in [-0.1, -0.05) is 90.5 Å². The van der Waals surface area contributed by atoms with Crippen molar-refractivity contribution in [1.82, 2.24) is 15.5 Å². The lowest BCUT2D eigenvalue weighted by Gasteiger charge is -2.56. The van der Waals surface area contributed by atoms with E-state index < -0.39 is 11.9 Å². The molecule has 2 saturated heterocycles. The molecule has 4 aliphatic carbocycles. The highest BCUT2D eigenvalue weighted by Gasteiger charge is 2.51. The van der Waals surface area contributed by atoms with Crippen molar-refractivity contribution < 1.29 is 24.5 Å². The maximum Gasteiger partial charge on any atom is 0.315 e. The summed E-state index contributed by atoms with van der Waals surface area (Å²) in [6, 6.07) is 32.3. The van der Waals surface area contributed by atoms with Crippen molar-refractivity contribution in [2.45, 2.75) is 101 Å². The molecule has 3 atom stereocenters. The Labute approximate surface area is 335 Å². The van der Waals surface area contributed by atoms with Gasteiger partial charge in [-0.3, -0.25) is 0 Å². The number of ether oxygens (including phenoxy) is 2. The smallest absolute Gasteiger partial charge is 0.315 e. The number of carbonyl (C=O) groups is 1. The number of piperidine rings is 1. The van der Waals surface area contributed by atoms with Crippen LogP contribution in [0.1, 0.15) is 98.0 Å². The highest BCUT2D eigenvalue weighted by Crippen LogP contribution is 2.55. The van der Waals surface area contributed by atoms with Gasteiger partial charge in [0.1, 0.15) is 0 Å². The Bertz CT molecular complexity index is 1940. The summed E-state index contributed by atoms with van der Waals surface area (Å²) < 4.78 is 13.4. The Morgan fingerprint density at radius 3 is 2.09 bits per heavy atom. The van der Waals surface area contributed by atoms with Gasteiger partial charge in [-0.2, -0.15) is 0 Å². The van der Waals surface area contributed by atoms with E-state index in [1.165, 1.54) is 19.3 Å². The Morgan fingerprint density at radius 2 is 1.43 bits per heavy atom. The summed E-state index contributed by atoms with van der Waals surface area (Å²) in [7, 11) is 0. The monoisotopic (exact) mass is 775 g/mol. The van der Waals surface area contributed by atoms with E-state index in [1.54, 1.807) is 0 Å². The van der Waals surface area contributed by atoms with Crippen molar-refractivity contribution in [2.75, 3.05) is 19.6 Å². The highest BCUT2D eigenvalue weighted by atomic mass is 35.5. The zero-order valence-corrected chi connectivity index (χ0v) is 32.8. The number of halogens is 1. The van der Waals surface area contributed by atoms with Gasteiger partial charge in [-0.05, 0) is 121 Å². The maximum absolute atomic E-state index is 13.1. The number of rotatable bonds is 10. The van der Waals surface area contributed by atoms with Crippen LogP contribution in [0, 0.1) is 17.8 Å². The first kappa shape index (κ1) is 37.8. The van der Waals surface area contributed by atoms with Crippen molar-refractivity contribution in [3.8, 4) is 11.1 Å². The molecule has 2 heterocycles. The maximum atomic E-state index is 13.1. The number of benzene rings is 4. The van der Waals surface area contributed by atoms with E-state index in [9.17, 15) is 15.0 Å². The molecule has 0 unspecified atom stereocenters. The molecule has 9 heteroatoms. The fourth-order valence-electron chi connectivity index (χ4n) is 10.9. The van der Waals surface area contributed by atoms with Gasteiger partial charge in [0.15, 0.2) is 6.29 Å². The van der Waals surface area contributed by atoms with Crippen LogP contribution in [0.15, 0.2) is 97.1 Å². The van der Waals surface area contributed by atoms with Crippen molar-refractivity contribution >= 4 is 17.6 Å². The lowest BCUT2D eigenvalue weighted by Crippen LogP contribution is -2.61. The van der Waals surface area contributed by atoms with Crippen LogP contribution < -0.4 is 10.6 Å². The average Bonchev–Trinajstić information content (AvgIpc) is 3.21. The van der Waals surface area contributed by atoms with Crippen LogP contribution in [0.5, 0.6) is 0 Å². The fourth-order valence-corrected chi connectivity index (χ4v) is 11.0. The molecule has 56 heavy (non-hydrogen) atoms. The van der Waals surface area contributed by atoms with E-state index in [4.69, 9.17) is 21.1 Å². The molecule has 8 nitrogen and oxygen atoms in total. The largest absolute Gasteiger partial charge is 0.392 e. The molecule has 0 spiro atoms. The Morgan fingerprint density at radius 1 is 0.768 bits per heavy atom. The number of nitrogens with one attached hydrogen (secondary N) is 2. The van der Waals surface area contributed by atoms with Crippen LogP contribution in [0.2, 0.25) is 5.02 Å². The second-order valence-corrected chi connectivity index (χ2v) is 18.0. The normalized spacial score (nSPS) is 29.6. The minimum atomic E-state index is -0.864. The number of hydrogen-bond donors (Lipinski definition) is 4. The number of amides is 2. The van der Waals surface area contributed by atoms with E-state index >= 15 is 0 Å². The SMILES string of the molecule is O=C(NCc1cccc(-c2ccc([C@@H]3O[C@H](CN4CCC(O)(c5ccc(Cl)cc5)CC4)C[C@H](c4ccc(CO)cc4)O3)cc2)c1)NC12CC3CC(CC(C3)C1)C2. The van der Waals surface area contributed by atoms with Gasteiger partial charge in [0.25, 0.3) is 0 Å². The minimum absolute atomic E-state index is 0.000263. The number of carbonyl (C=O) groups excluding carboxylic acids is 1. The third kappa shape index (κ3) is 8.29. The van der Waals surface area contributed by atoms with Gasteiger partial charge in [-0.15, -0.1) is 0 Å². The first-order chi connectivity index (χ1) is 27.2. The summed E-state index contributed by atoms with van der Waals surface area (Å²) in [5, 5.41) is 28.4. The summed E-state index contributed by atoms with van der Waals surface area (Å²) in [4.78, 5) is 15.5. The predicted octanol–water partition coefficient (Wildman–Crippen LogP) is 8.80. The number of nitrogens with zero attached hydrogens (tertiary/aromatic N) is 1. The zero-order chi connectivity index (χ0) is 38.3. The summed E-state index contributed by atoms with van der Waals surface area (Å²) in [5.41, 5.74) is 6.16. The third-order valence-electron chi connectivity index (χ3n) is 13.5. The topological polar surface area (TPSA) is 103 Å². The molecule has 4 bridgehead atoms. The fraction of sp³-hybridized carbons (Fsp3) is 0.468. The summed E-state index contributed by atoms with van der Waals surface area (Å²) >= 11 is 6.12. The van der Waals surface area contributed by atoms with Crippen molar-refractivity contribution in [3.05, 3.63) is 130 Å². The van der Waals surface area contributed by atoms with Gasteiger partial charge in [0, 0.05) is 48.7 Å². The van der Waals surface area contributed by atoms with E-state index in [0.717, 1.165) is 95.6 Å². The van der Waals surface area contributed by atoms with E-state index in [1.807, 2.05) is 48.5 Å². The van der Waals surface area contributed by atoms with Gasteiger partial charge in [0.05, 0.1) is 24.4 Å². The molecule has 6 aliphatic rings. The minimum Gasteiger partial charge on any atom is -0.392 e. The Kier molecular flexibility index (Phi) is 10.7. The van der Waals surface area contributed by atoms with Gasteiger partial charge < -0.3 is 35.2 Å². The molecular weight excluding hydrogens is 722 g/mol. The molecular formula is C47H54ClN3O5. The summed E-state index contributed by atoms with van der Waals surface area (Å²) in [6.07, 6.45) is 8.67. The molecule has 0 aromatic heterocycles. The molecule has 4 N–H and O–H groups in total. The van der Waals surface area contributed by atoms with Gasteiger partial charge >= 0.3 is 6.03 Å². The number of urea groups is 1. The molecule has 2 amide bonds. The molecule has 4 saturated carbocycles.